The van der Waals surface area contributed by atoms with E-state index in [-0.39, 0.29) is 0 Å². The third-order valence-electron chi connectivity index (χ3n) is 0. The van der Waals surface area contributed by atoms with E-state index >= 15 is 0 Å². The molecular weight excluding hydrogens is 347 g/mol. The highest BCUT2D eigenvalue weighted by molar-refractivity contribution is 6.50. The summed E-state index contributed by atoms with van der Waals surface area (Å²) >= 11 is 0. The second kappa shape index (κ2) is 9.95. The predicted molar refractivity (Wildman–Crippen MR) is 40.7 cm³/mol. The van der Waals surface area contributed by atoms with Crippen LogP contribution in [-0.4, -0.2) is 29.0 Å². The first-order valence-electron chi connectivity index (χ1n) is 3.49. The SMILES string of the molecule is F[B-](F)(F)F.F[B-](F)(F)F.F[B-](F)(F)F.F[B-](F)(F)F. The summed E-state index contributed by atoms with van der Waals surface area (Å²) in [4.78, 5) is 0. The van der Waals surface area contributed by atoms with Crippen molar-refractivity contribution in [1.29, 1.82) is 0 Å². The molecule has 0 amide bonds. The van der Waals surface area contributed by atoms with Crippen molar-refractivity contribution < 1.29 is 69.1 Å². The Morgan fingerprint density at radius 2 is 0.200 bits per heavy atom. The molecule has 0 aromatic rings. The van der Waals surface area contributed by atoms with Gasteiger partial charge in [-0.2, -0.15) is 0 Å². The van der Waals surface area contributed by atoms with Crippen LogP contribution < -0.4 is 0 Å². The van der Waals surface area contributed by atoms with E-state index in [4.69, 9.17) is 0 Å². The maximum absolute atomic E-state index is 9.75. The maximum atomic E-state index is 9.75. The second-order valence-electron chi connectivity index (χ2n) is 1.98. The van der Waals surface area contributed by atoms with E-state index in [0.717, 1.165) is 0 Å². The fourth-order valence-corrected chi connectivity index (χ4v) is 0. The van der Waals surface area contributed by atoms with Gasteiger partial charge in [-0.3, -0.25) is 0 Å². The zero-order valence-corrected chi connectivity index (χ0v) is 8.36. The van der Waals surface area contributed by atoms with Crippen LogP contribution in [0.3, 0.4) is 0 Å². The first-order valence-corrected chi connectivity index (χ1v) is 3.49. The van der Waals surface area contributed by atoms with Gasteiger partial charge in [-0.1, -0.05) is 0 Å². The van der Waals surface area contributed by atoms with Crippen LogP contribution in [0.2, 0.25) is 0 Å². The summed E-state index contributed by atoms with van der Waals surface area (Å²) in [5.74, 6) is 0. The summed E-state index contributed by atoms with van der Waals surface area (Å²) in [6.45, 7) is 0. The highest BCUT2D eigenvalue weighted by Gasteiger charge is 2.21. The van der Waals surface area contributed by atoms with E-state index in [1.807, 2.05) is 0 Å². The van der Waals surface area contributed by atoms with Gasteiger partial charge in [-0.05, 0) is 0 Å². The van der Waals surface area contributed by atoms with E-state index in [0.29, 0.717) is 0 Å². The van der Waals surface area contributed by atoms with Crippen LogP contribution in [0.5, 0.6) is 0 Å². The molecule has 0 N–H and O–H groups in total. The summed E-state index contributed by atoms with van der Waals surface area (Å²) in [7, 11) is -24.0. The van der Waals surface area contributed by atoms with Gasteiger partial charge in [0.2, 0.25) is 0 Å². The third kappa shape index (κ3) is 6030. The minimum atomic E-state index is -6.00. The van der Waals surface area contributed by atoms with Gasteiger partial charge in [0.1, 0.15) is 0 Å². The summed E-state index contributed by atoms with van der Waals surface area (Å²) in [5, 5.41) is 0. The normalized spacial score (nSPS) is 12.0. The quantitative estimate of drug-likeness (QED) is 0.417. The largest absolute Gasteiger partial charge is 0.673 e. The molecule has 0 aliphatic rings. The first kappa shape index (κ1) is 27.5. The number of halogens is 16. The molecule has 0 aromatic carbocycles. The number of hydrogen-bond acceptors (Lipinski definition) is 0. The van der Waals surface area contributed by atoms with E-state index in [1.54, 1.807) is 0 Å². The Bertz CT molecular complexity index is 124. The molecule has 0 unspecified atom stereocenters. The molecule has 0 heterocycles. The summed E-state index contributed by atoms with van der Waals surface area (Å²) in [5.41, 5.74) is 0. The Balaban J connectivity index is -0.0000000853. The van der Waals surface area contributed by atoms with Crippen molar-refractivity contribution in [3.63, 3.8) is 0 Å². The smallest absolute Gasteiger partial charge is 0.418 e. The molecule has 0 nitrogen and oxygen atoms in total. The molecular formula is B4F16-4. The lowest BCUT2D eigenvalue weighted by Gasteiger charge is -1.94. The minimum Gasteiger partial charge on any atom is -0.418 e. The molecule has 0 aromatic heterocycles. The van der Waals surface area contributed by atoms with Crippen LogP contribution in [0.15, 0.2) is 0 Å². The fraction of sp³-hybridized carbons (Fsp3) is 0. The lowest BCUT2D eigenvalue weighted by Crippen LogP contribution is -2.02. The lowest BCUT2D eigenvalue weighted by atomic mass is 10.3. The van der Waals surface area contributed by atoms with E-state index in [1.165, 1.54) is 0 Å². The Morgan fingerprint density at radius 3 is 0.200 bits per heavy atom. The maximum Gasteiger partial charge on any atom is 0.673 e. The van der Waals surface area contributed by atoms with Crippen LogP contribution >= 0.6 is 0 Å². The van der Waals surface area contributed by atoms with E-state index < -0.39 is 29.0 Å². The first-order chi connectivity index (χ1) is 8.00. The molecule has 0 atom stereocenters. The summed E-state index contributed by atoms with van der Waals surface area (Å²) in [6, 6.07) is 0. The molecule has 0 aliphatic carbocycles. The molecule has 20 heavy (non-hydrogen) atoms. The Labute approximate surface area is 99.5 Å². The van der Waals surface area contributed by atoms with Crippen molar-refractivity contribution in [3.05, 3.63) is 0 Å². The van der Waals surface area contributed by atoms with Gasteiger partial charge in [0.15, 0.2) is 0 Å². The minimum absolute atomic E-state index is 6.00. The average Bonchev–Trinajstić information content (AvgIpc) is 1.62. The molecule has 20 heteroatoms. The molecule has 0 spiro atoms. The zero-order chi connectivity index (χ0) is 18.0. The molecule has 0 bridgehead atoms. The zero-order valence-electron chi connectivity index (χ0n) is 8.36. The molecule has 0 aliphatic heterocycles. The lowest BCUT2D eigenvalue weighted by molar-refractivity contribution is 0.366. The molecule has 128 valence electrons. The second-order valence-corrected chi connectivity index (χ2v) is 1.98. The average molecular weight is 347 g/mol. The Hall–Kier alpha value is -0.860. The monoisotopic (exact) mass is 348 g/mol. The van der Waals surface area contributed by atoms with Crippen LogP contribution in [0.25, 0.3) is 0 Å². The van der Waals surface area contributed by atoms with Crippen molar-refractivity contribution in [3.8, 4) is 0 Å². The fourth-order valence-electron chi connectivity index (χ4n) is 0. The van der Waals surface area contributed by atoms with Gasteiger partial charge >= 0.3 is 29.0 Å². The topological polar surface area (TPSA) is 0 Å². The number of hydrogen-bond donors (Lipinski definition) is 0. The van der Waals surface area contributed by atoms with Crippen molar-refractivity contribution >= 4 is 29.0 Å². The summed E-state index contributed by atoms with van der Waals surface area (Å²) in [6.07, 6.45) is 0. The summed E-state index contributed by atoms with van der Waals surface area (Å²) < 4.78 is 156. The van der Waals surface area contributed by atoms with Crippen LogP contribution in [0, 0.1) is 0 Å². The Morgan fingerprint density at radius 1 is 0.200 bits per heavy atom. The van der Waals surface area contributed by atoms with Crippen molar-refractivity contribution in [1.82, 2.24) is 0 Å². The van der Waals surface area contributed by atoms with Crippen molar-refractivity contribution in [2.45, 2.75) is 0 Å². The molecule has 0 fully saturated rings. The van der Waals surface area contributed by atoms with Gasteiger partial charge in [-0.15, -0.1) is 0 Å². The van der Waals surface area contributed by atoms with Gasteiger partial charge < -0.3 is 69.1 Å². The van der Waals surface area contributed by atoms with Gasteiger partial charge in [0, 0.05) is 0 Å². The predicted octanol–water partition coefficient (Wildman–Crippen LogP) is 5.20. The number of rotatable bonds is 0. The van der Waals surface area contributed by atoms with Gasteiger partial charge in [-0.25, -0.2) is 0 Å². The standard InChI is InChI=1S/4BF4/c4*2-1(3,4)5/q4*-1. The molecule has 0 rings (SSSR count). The van der Waals surface area contributed by atoms with E-state index in [9.17, 15) is 69.1 Å². The van der Waals surface area contributed by atoms with Crippen LogP contribution in [0.1, 0.15) is 0 Å². The van der Waals surface area contributed by atoms with Crippen LogP contribution in [0.4, 0.5) is 69.1 Å². The van der Waals surface area contributed by atoms with E-state index in [2.05, 4.69) is 0 Å². The highest BCUT2D eigenvalue weighted by atomic mass is 19.5. The molecule has 0 saturated heterocycles. The third-order valence-corrected chi connectivity index (χ3v) is 0. The Kier molecular flexibility index (Phi) is 13.7. The molecule has 0 saturated carbocycles. The highest BCUT2D eigenvalue weighted by Crippen LogP contribution is 2.08. The van der Waals surface area contributed by atoms with Gasteiger partial charge in [0.05, 0.1) is 0 Å². The molecule has 0 radical (unpaired) electrons. The van der Waals surface area contributed by atoms with Crippen molar-refractivity contribution in [2.75, 3.05) is 0 Å². The van der Waals surface area contributed by atoms with Gasteiger partial charge in [0.25, 0.3) is 0 Å². The van der Waals surface area contributed by atoms with Crippen LogP contribution in [-0.2, 0) is 0 Å². The van der Waals surface area contributed by atoms with Crippen molar-refractivity contribution in [2.24, 2.45) is 0 Å².